The van der Waals surface area contributed by atoms with Crippen molar-refractivity contribution in [3.05, 3.63) is 24.3 Å². The van der Waals surface area contributed by atoms with Gasteiger partial charge >= 0.3 is 0 Å². The van der Waals surface area contributed by atoms with Crippen LogP contribution in [0.15, 0.2) is 24.3 Å². The minimum Gasteiger partial charge on any atom is -0.484 e. The van der Waals surface area contributed by atoms with Gasteiger partial charge in [0.15, 0.2) is 6.61 Å². The maximum atomic E-state index is 12.3. The van der Waals surface area contributed by atoms with E-state index in [0.29, 0.717) is 11.4 Å². The van der Waals surface area contributed by atoms with E-state index in [1.54, 1.807) is 38.4 Å². The number of rotatable bonds is 5. The van der Waals surface area contributed by atoms with Crippen LogP contribution in [0, 0.1) is 5.92 Å². The Kier molecular flexibility index (Phi) is 8.01. The number of likely N-dealkylation sites (N-methyl/N-ethyl adjacent to an activating group) is 1. The zero-order valence-corrected chi connectivity index (χ0v) is 15.0. The molecular formula is C17H26ClN3O3. The number of nitrogens with zero attached hydrogens (tertiary/aromatic N) is 1. The number of hydrogen-bond donors (Lipinski definition) is 2. The van der Waals surface area contributed by atoms with Crippen molar-refractivity contribution in [3.63, 3.8) is 0 Å². The molecule has 0 saturated heterocycles. The third kappa shape index (κ3) is 6.02. The molecule has 0 aromatic heterocycles. The lowest BCUT2D eigenvalue weighted by Crippen LogP contribution is -2.34. The van der Waals surface area contributed by atoms with Crippen LogP contribution in [0.1, 0.15) is 25.7 Å². The Hall–Kier alpha value is -1.79. The topological polar surface area (TPSA) is 84.7 Å². The van der Waals surface area contributed by atoms with E-state index in [-0.39, 0.29) is 42.8 Å². The minimum absolute atomic E-state index is 0. The molecule has 1 saturated carbocycles. The normalized spacial score (nSPS) is 19.8. The number of nitrogens with one attached hydrogen (secondary N) is 1. The van der Waals surface area contributed by atoms with E-state index in [1.807, 2.05) is 0 Å². The molecule has 1 fully saturated rings. The minimum atomic E-state index is -0.115. The van der Waals surface area contributed by atoms with Crippen molar-refractivity contribution in [2.24, 2.45) is 11.7 Å². The van der Waals surface area contributed by atoms with Gasteiger partial charge in [-0.3, -0.25) is 9.59 Å². The highest BCUT2D eigenvalue weighted by atomic mass is 35.5. The summed E-state index contributed by atoms with van der Waals surface area (Å²) in [6.07, 6.45) is 3.61. The summed E-state index contributed by atoms with van der Waals surface area (Å²) in [6.45, 7) is -0.0259. The standard InChI is InChI=1S/C17H25N3O3.ClH/c1-20(2)16(21)11-23-15-8-4-7-14(10-15)19-17(22)12-5-3-6-13(18)9-12;/h4,7-8,10,12-13H,3,5-6,9,11,18H2,1-2H3,(H,19,22);1H. The van der Waals surface area contributed by atoms with E-state index < -0.39 is 0 Å². The SMILES string of the molecule is CN(C)C(=O)COc1cccc(NC(=O)C2CCCC(N)C2)c1.Cl. The van der Waals surface area contributed by atoms with Crippen LogP contribution >= 0.6 is 12.4 Å². The fraction of sp³-hybridized carbons (Fsp3) is 0.529. The molecule has 2 rings (SSSR count). The molecule has 24 heavy (non-hydrogen) atoms. The molecule has 2 unspecified atom stereocenters. The van der Waals surface area contributed by atoms with Gasteiger partial charge in [0, 0.05) is 37.8 Å². The molecule has 0 heterocycles. The Labute approximate surface area is 149 Å². The Morgan fingerprint density at radius 1 is 1.33 bits per heavy atom. The van der Waals surface area contributed by atoms with Gasteiger partial charge in [0.1, 0.15) is 5.75 Å². The Balaban J connectivity index is 0.00000288. The molecule has 0 aliphatic heterocycles. The summed E-state index contributed by atoms with van der Waals surface area (Å²) < 4.78 is 5.45. The van der Waals surface area contributed by atoms with Gasteiger partial charge in [-0.25, -0.2) is 0 Å². The van der Waals surface area contributed by atoms with E-state index in [2.05, 4.69) is 5.32 Å². The van der Waals surface area contributed by atoms with E-state index in [0.717, 1.165) is 25.7 Å². The Morgan fingerprint density at radius 3 is 2.75 bits per heavy atom. The third-order valence-corrected chi connectivity index (χ3v) is 4.05. The number of hydrogen-bond acceptors (Lipinski definition) is 4. The van der Waals surface area contributed by atoms with Crippen molar-refractivity contribution in [3.8, 4) is 5.75 Å². The van der Waals surface area contributed by atoms with Gasteiger partial charge in [-0.05, 0) is 31.4 Å². The lowest BCUT2D eigenvalue weighted by atomic mass is 9.85. The molecule has 2 atom stereocenters. The fourth-order valence-corrected chi connectivity index (χ4v) is 2.65. The highest BCUT2D eigenvalue weighted by Gasteiger charge is 2.25. The summed E-state index contributed by atoms with van der Waals surface area (Å²) in [4.78, 5) is 25.3. The fourth-order valence-electron chi connectivity index (χ4n) is 2.65. The first-order chi connectivity index (χ1) is 11.0. The molecule has 0 radical (unpaired) electrons. The van der Waals surface area contributed by atoms with Gasteiger partial charge < -0.3 is 20.7 Å². The van der Waals surface area contributed by atoms with Crippen molar-refractivity contribution in [2.75, 3.05) is 26.0 Å². The maximum absolute atomic E-state index is 12.3. The van der Waals surface area contributed by atoms with Crippen molar-refractivity contribution >= 4 is 29.9 Å². The zero-order valence-electron chi connectivity index (χ0n) is 14.2. The van der Waals surface area contributed by atoms with Gasteiger partial charge in [-0.15, -0.1) is 12.4 Å². The van der Waals surface area contributed by atoms with Crippen LogP contribution in [0.3, 0.4) is 0 Å². The number of carbonyl (C=O) groups is 2. The van der Waals surface area contributed by atoms with Crippen LogP contribution in [0.4, 0.5) is 5.69 Å². The van der Waals surface area contributed by atoms with Crippen LogP contribution in [-0.2, 0) is 9.59 Å². The number of nitrogens with two attached hydrogens (primary N) is 1. The van der Waals surface area contributed by atoms with Crippen molar-refractivity contribution < 1.29 is 14.3 Å². The molecule has 1 aliphatic rings. The zero-order chi connectivity index (χ0) is 16.8. The first-order valence-electron chi connectivity index (χ1n) is 7.95. The average Bonchev–Trinajstić information content (AvgIpc) is 2.52. The van der Waals surface area contributed by atoms with Crippen LogP contribution < -0.4 is 15.8 Å². The summed E-state index contributed by atoms with van der Waals surface area (Å²) in [5.41, 5.74) is 6.61. The average molecular weight is 356 g/mol. The molecule has 1 aliphatic carbocycles. The molecule has 134 valence electrons. The van der Waals surface area contributed by atoms with Gasteiger partial charge in [0.2, 0.25) is 5.91 Å². The van der Waals surface area contributed by atoms with Crippen molar-refractivity contribution in [1.29, 1.82) is 0 Å². The molecule has 7 heteroatoms. The first kappa shape index (κ1) is 20.3. The number of anilines is 1. The lowest BCUT2D eigenvalue weighted by Gasteiger charge is -2.25. The van der Waals surface area contributed by atoms with Gasteiger partial charge in [-0.1, -0.05) is 12.5 Å². The van der Waals surface area contributed by atoms with Crippen LogP contribution in [-0.4, -0.2) is 43.5 Å². The summed E-state index contributed by atoms with van der Waals surface area (Å²) in [5.74, 6) is 0.411. The van der Waals surface area contributed by atoms with Gasteiger partial charge in [-0.2, -0.15) is 0 Å². The molecule has 3 N–H and O–H groups in total. The summed E-state index contributed by atoms with van der Waals surface area (Å²) >= 11 is 0. The number of benzene rings is 1. The monoisotopic (exact) mass is 355 g/mol. The number of carbonyl (C=O) groups excluding carboxylic acids is 2. The largest absolute Gasteiger partial charge is 0.484 e. The number of amides is 2. The number of ether oxygens (including phenoxy) is 1. The summed E-state index contributed by atoms with van der Waals surface area (Å²) in [5, 5.41) is 2.91. The quantitative estimate of drug-likeness (QED) is 0.846. The Bertz CT molecular complexity index is 566. The summed E-state index contributed by atoms with van der Waals surface area (Å²) in [7, 11) is 3.36. The second-order valence-electron chi connectivity index (χ2n) is 6.22. The molecule has 0 bridgehead atoms. The second kappa shape index (κ2) is 9.49. The third-order valence-electron chi connectivity index (χ3n) is 4.05. The van der Waals surface area contributed by atoms with Crippen LogP contribution in [0.25, 0.3) is 0 Å². The Morgan fingerprint density at radius 2 is 2.08 bits per heavy atom. The highest BCUT2D eigenvalue weighted by molar-refractivity contribution is 5.92. The smallest absolute Gasteiger partial charge is 0.259 e. The van der Waals surface area contributed by atoms with Gasteiger partial charge in [0.25, 0.3) is 5.91 Å². The van der Waals surface area contributed by atoms with E-state index in [9.17, 15) is 9.59 Å². The lowest BCUT2D eigenvalue weighted by molar-refractivity contribution is -0.130. The molecule has 1 aromatic rings. The molecule has 2 amide bonds. The maximum Gasteiger partial charge on any atom is 0.259 e. The van der Waals surface area contributed by atoms with E-state index in [1.165, 1.54) is 4.90 Å². The van der Waals surface area contributed by atoms with Crippen molar-refractivity contribution in [1.82, 2.24) is 4.90 Å². The van der Waals surface area contributed by atoms with Crippen LogP contribution in [0.2, 0.25) is 0 Å². The molecular weight excluding hydrogens is 330 g/mol. The summed E-state index contributed by atoms with van der Waals surface area (Å²) in [6, 6.07) is 7.20. The number of halogens is 1. The van der Waals surface area contributed by atoms with E-state index >= 15 is 0 Å². The molecule has 1 aromatic carbocycles. The van der Waals surface area contributed by atoms with E-state index in [4.69, 9.17) is 10.5 Å². The highest BCUT2D eigenvalue weighted by Crippen LogP contribution is 2.25. The first-order valence-corrected chi connectivity index (χ1v) is 7.95. The molecule has 0 spiro atoms. The van der Waals surface area contributed by atoms with Crippen molar-refractivity contribution in [2.45, 2.75) is 31.7 Å². The van der Waals surface area contributed by atoms with Crippen LogP contribution in [0.5, 0.6) is 5.75 Å². The second-order valence-corrected chi connectivity index (χ2v) is 6.22. The predicted molar refractivity (Wildman–Crippen MR) is 96.4 cm³/mol. The van der Waals surface area contributed by atoms with Gasteiger partial charge in [0.05, 0.1) is 0 Å². The molecule has 6 nitrogen and oxygen atoms in total. The predicted octanol–water partition coefficient (Wildman–Crippen LogP) is 2.03.